The van der Waals surface area contributed by atoms with E-state index in [2.05, 4.69) is 12.2 Å². The molecule has 5 heteroatoms. The lowest BCUT2D eigenvalue weighted by atomic mass is 10.3. The van der Waals surface area contributed by atoms with Crippen LogP contribution in [-0.4, -0.2) is 35.7 Å². The molecule has 0 unspecified atom stereocenters. The van der Waals surface area contributed by atoms with Gasteiger partial charge >= 0.3 is 0 Å². The second-order valence-corrected chi connectivity index (χ2v) is 2.76. The molecule has 14 heavy (non-hydrogen) atoms. The fourth-order valence-corrected chi connectivity index (χ4v) is 1.09. The second kappa shape index (κ2) is 4.55. The van der Waals surface area contributed by atoms with E-state index in [4.69, 9.17) is 0 Å². The molecule has 0 saturated heterocycles. The summed E-state index contributed by atoms with van der Waals surface area (Å²) < 4.78 is 0. The highest BCUT2D eigenvalue weighted by molar-refractivity contribution is 6.13. The van der Waals surface area contributed by atoms with Crippen LogP contribution in [0.25, 0.3) is 0 Å². The van der Waals surface area contributed by atoms with E-state index in [1.165, 1.54) is 12.2 Å². The van der Waals surface area contributed by atoms with Gasteiger partial charge in [-0.2, -0.15) is 0 Å². The Bertz CT molecular complexity index is 278. The highest BCUT2D eigenvalue weighted by Crippen LogP contribution is 2.03. The van der Waals surface area contributed by atoms with Crippen LogP contribution in [0.3, 0.4) is 0 Å². The van der Waals surface area contributed by atoms with Crippen LogP contribution in [0.5, 0.6) is 0 Å². The fourth-order valence-electron chi connectivity index (χ4n) is 1.09. The number of hydrogen-bond donors (Lipinski definition) is 1. The van der Waals surface area contributed by atoms with Gasteiger partial charge in [-0.25, -0.2) is 0 Å². The van der Waals surface area contributed by atoms with Gasteiger partial charge in [0.2, 0.25) is 5.91 Å². The Morgan fingerprint density at radius 3 is 2.43 bits per heavy atom. The van der Waals surface area contributed by atoms with Crippen molar-refractivity contribution in [1.29, 1.82) is 0 Å². The van der Waals surface area contributed by atoms with Crippen molar-refractivity contribution in [2.75, 3.05) is 13.1 Å². The lowest BCUT2D eigenvalue weighted by molar-refractivity contribution is -0.137. The summed E-state index contributed by atoms with van der Waals surface area (Å²) in [4.78, 5) is 34.1. The van der Waals surface area contributed by atoms with Gasteiger partial charge in [0.25, 0.3) is 11.8 Å². The molecule has 0 aromatic carbocycles. The summed E-state index contributed by atoms with van der Waals surface area (Å²) in [6.45, 7) is 3.87. The quantitative estimate of drug-likeness (QED) is 0.600. The minimum atomic E-state index is -0.363. The van der Waals surface area contributed by atoms with E-state index < -0.39 is 0 Å². The van der Waals surface area contributed by atoms with Gasteiger partial charge in [-0.15, -0.1) is 0 Å². The van der Waals surface area contributed by atoms with E-state index in [9.17, 15) is 14.4 Å². The van der Waals surface area contributed by atoms with E-state index in [1.54, 1.807) is 0 Å². The Labute approximate surface area is 81.8 Å². The normalized spacial score (nSPS) is 15.1. The van der Waals surface area contributed by atoms with E-state index in [-0.39, 0.29) is 30.7 Å². The number of imide groups is 1. The van der Waals surface area contributed by atoms with E-state index >= 15 is 0 Å². The molecule has 75 valence electrons. The summed E-state index contributed by atoms with van der Waals surface area (Å²) in [6.07, 6.45) is 2.51. The molecule has 0 saturated carbocycles. The van der Waals surface area contributed by atoms with Crippen molar-refractivity contribution in [3.63, 3.8) is 0 Å². The van der Waals surface area contributed by atoms with Crippen LogP contribution in [0.2, 0.25) is 0 Å². The first-order valence-corrected chi connectivity index (χ1v) is 4.24. The number of rotatable bonds is 4. The van der Waals surface area contributed by atoms with Crippen molar-refractivity contribution in [3.05, 3.63) is 19.1 Å². The van der Waals surface area contributed by atoms with Crippen LogP contribution in [0.4, 0.5) is 0 Å². The molecule has 0 atom stereocenters. The third kappa shape index (κ3) is 2.42. The number of hydrogen-bond acceptors (Lipinski definition) is 3. The monoisotopic (exact) mass is 195 g/mol. The number of nitrogens with one attached hydrogen (secondary N) is 1. The first-order valence-electron chi connectivity index (χ1n) is 4.24. The van der Waals surface area contributed by atoms with Crippen LogP contribution < -0.4 is 5.32 Å². The average Bonchev–Trinajstić information content (AvgIpc) is 2.44. The molecule has 0 aromatic heterocycles. The molecule has 1 heterocycles. The smallest absolute Gasteiger partial charge is 0.253 e. The topological polar surface area (TPSA) is 66.5 Å². The predicted molar refractivity (Wildman–Crippen MR) is 48.8 cm³/mol. The van der Waals surface area contributed by atoms with Crippen LogP contribution >= 0.6 is 0 Å². The lowest BCUT2D eigenvalue weighted by Gasteiger charge is -2.12. The SMILES string of the molecule is [CH2]CNC(=O)CCN1C(=O)C=CC1=O. The summed E-state index contributed by atoms with van der Waals surface area (Å²) in [5, 5.41) is 2.48. The predicted octanol–water partition coefficient (Wildman–Crippen LogP) is -0.748. The Hall–Kier alpha value is -1.65. The van der Waals surface area contributed by atoms with Gasteiger partial charge in [-0.3, -0.25) is 19.3 Å². The molecule has 5 nitrogen and oxygen atoms in total. The van der Waals surface area contributed by atoms with Gasteiger partial charge < -0.3 is 5.32 Å². The maximum absolute atomic E-state index is 11.0. The summed E-state index contributed by atoms with van der Waals surface area (Å²) >= 11 is 0. The zero-order chi connectivity index (χ0) is 10.6. The summed E-state index contributed by atoms with van der Waals surface area (Å²) in [5.74, 6) is -0.942. The maximum atomic E-state index is 11.0. The van der Waals surface area contributed by atoms with Gasteiger partial charge in [0.15, 0.2) is 0 Å². The van der Waals surface area contributed by atoms with Crippen molar-refractivity contribution >= 4 is 17.7 Å². The molecule has 0 fully saturated rings. The summed E-state index contributed by atoms with van der Waals surface area (Å²) in [5.41, 5.74) is 0. The van der Waals surface area contributed by atoms with Crippen molar-refractivity contribution in [2.45, 2.75) is 6.42 Å². The lowest BCUT2D eigenvalue weighted by Crippen LogP contribution is -2.34. The fraction of sp³-hybridized carbons (Fsp3) is 0.333. The van der Waals surface area contributed by atoms with Crippen molar-refractivity contribution in [2.24, 2.45) is 0 Å². The van der Waals surface area contributed by atoms with Gasteiger partial charge in [-0.05, 0) is 6.92 Å². The van der Waals surface area contributed by atoms with Gasteiger partial charge in [-0.1, -0.05) is 0 Å². The van der Waals surface area contributed by atoms with Gasteiger partial charge in [0, 0.05) is 31.7 Å². The minimum absolute atomic E-state index is 0.120. The molecule has 0 aliphatic carbocycles. The molecular formula is C9H11N2O3. The molecule has 1 aliphatic heterocycles. The number of nitrogens with zero attached hydrogens (tertiary/aromatic N) is 1. The van der Waals surface area contributed by atoms with Crippen LogP contribution in [0.1, 0.15) is 6.42 Å². The minimum Gasteiger partial charge on any atom is -0.356 e. The number of amides is 3. The second-order valence-electron chi connectivity index (χ2n) is 2.76. The molecule has 1 rings (SSSR count). The van der Waals surface area contributed by atoms with Crippen LogP contribution in [0.15, 0.2) is 12.2 Å². The van der Waals surface area contributed by atoms with Crippen molar-refractivity contribution in [3.8, 4) is 0 Å². The zero-order valence-electron chi connectivity index (χ0n) is 7.66. The molecule has 1 radical (unpaired) electrons. The van der Waals surface area contributed by atoms with Crippen molar-refractivity contribution in [1.82, 2.24) is 10.2 Å². The average molecular weight is 195 g/mol. The van der Waals surface area contributed by atoms with E-state index in [0.717, 1.165) is 4.90 Å². The molecule has 1 N–H and O–H groups in total. The van der Waals surface area contributed by atoms with E-state index in [0.29, 0.717) is 6.54 Å². The third-order valence-electron chi connectivity index (χ3n) is 1.79. The molecule has 0 spiro atoms. The zero-order valence-corrected chi connectivity index (χ0v) is 7.66. The van der Waals surface area contributed by atoms with Crippen molar-refractivity contribution < 1.29 is 14.4 Å². The first kappa shape index (κ1) is 10.4. The van der Waals surface area contributed by atoms with Crippen LogP contribution in [-0.2, 0) is 14.4 Å². The largest absolute Gasteiger partial charge is 0.356 e. The molecular weight excluding hydrogens is 184 g/mol. The number of carbonyl (C=O) groups excluding carboxylic acids is 3. The first-order chi connectivity index (χ1) is 6.65. The summed E-state index contributed by atoms with van der Waals surface area (Å²) in [7, 11) is 0. The Morgan fingerprint density at radius 2 is 1.93 bits per heavy atom. The summed E-state index contributed by atoms with van der Waals surface area (Å²) in [6, 6.07) is 0. The molecule has 3 amide bonds. The Morgan fingerprint density at radius 1 is 1.36 bits per heavy atom. The molecule has 1 aliphatic rings. The van der Waals surface area contributed by atoms with Crippen LogP contribution in [0, 0.1) is 6.92 Å². The van der Waals surface area contributed by atoms with E-state index in [1.807, 2.05) is 0 Å². The standard InChI is InChI=1S/C9H11N2O3/c1-2-10-7(12)5-6-11-8(13)3-4-9(11)14/h3-4H,1-2,5-6H2,(H,10,12). The molecule has 0 aromatic rings. The number of carbonyl (C=O) groups is 3. The Balaban J connectivity index is 2.35. The highest BCUT2D eigenvalue weighted by Gasteiger charge is 2.23. The molecule has 0 bridgehead atoms. The highest BCUT2D eigenvalue weighted by atomic mass is 16.2. The van der Waals surface area contributed by atoms with Gasteiger partial charge in [0.05, 0.1) is 0 Å². The van der Waals surface area contributed by atoms with Gasteiger partial charge in [0.1, 0.15) is 0 Å². The third-order valence-corrected chi connectivity index (χ3v) is 1.79. The maximum Gasteiger partial charge on any atom is 0.253 e. The Kier molecular flexibility index (Phi) is 3.39.